The Morgan fingerprint density at radius 1 is 0.438 bits per heavy atom. The zero-order valence-electron chi connectivity index (χ0n) is 53.8. The number of ether oxygens (including phenoxy) is 1. The van der Waals surface area contributed by atoms with Crippen molar-refractivity contribution in [1.29, 1.82) is 0 Å². The summed E-state index contributed by atoms with van der Waals surface area (Å²) in [4.78, 5) is 40.1. The molecule has 3 unspecified atom stereocenters. The average Bonchev–Trinajstić information content (AvgIpc) is 3.43. The number of phosphoric acid groups is 1. The molecule has 0 saturated carbocycles. The van der Waals surface area contributed by atoms with Crippen LogP contribution in [0.25, 0.3) is 0 Å². The molecule has 9 nitrogen and oxygen atoms in total. The molecule has 0 aromatic heterocycles. The number of nitrogens with zero attached hydrogens (tertiary/aromatic N) is 1. The quantitative estimate of drug-likeness (QED) is 0.0161. The molecule has 0 aromatic carbocycles. The molecule has 0 bridgehead atoms. The molecule has 0 spiro atoms. The van der Waals surface area contributed by atoms with Crippen molar-refractivity contribution in [2.45, 2.75) is 348 Å². The molecule has 0 aliphatic carbocycles. The van der Waals surface area contributed by atoms with Crippen LogP contribution >= 0.6 is 7.82 Å². The van der Waals surface area contributed by atoms with Crippen molar-refractivity contribution in [3.05, 3.63) is 48.6 Å². The Bertz CT molecular complexity index is 1510. The highest BCUT2D eigenvalue weighted by atomic mass is 31.2. The van der Waals surface area contributed by atoms with Crippen LogP contribution in [0.2, 0.25) is 0 Å². The summed E-state index contributed by atoms with van der Waals surface area (Å²) in [5, 5.41) is 3.04. The zero-order chi connectivity index (χ0) is 58.6. The van der Waals surface area contributed by atoms with Gasteiger partial charge in [-0.1, -0.05) is 288 Å². The van der Waals surface area contributed by atoms with E-state index in [2.05, 4.69) is 62.5 Å². The van der Waals surface area contributed by atoms with Crippen molar-refractivity contribution in [1.82, 2.24) is 5.32 Å². The van der Waals surface area contributed by atoms with Gasteiger partial charge in [0.1, 0.15) is 19.3 Å². The van der Waals surface area contributed by atoms with Crippen LogP contribution in [0.1, 0.15) is 335 Å². The molecule has 0 aromatic rings. The van der Waals surface area contributed by atoms with Gasteiger partial charge in [-0.3, -0.25) is 14.2 Å². The molecular weight excluding hydrogens is 1010 g/mol. The van der Waals surface area contributed by atoms with Crippen LogP contribution in [-0.4, -0.2) is 69.4 Å². The third-order valence-electron chi connectivity index (χ3n) is 15.5. The van der Waals surface area contributed by atoms with Crippen LogP contribution < -0.4 is 10.2 Å². The number of unbranched alkanes of at least 4 members (excludes halogenated alkanes) is 42. The predicted octanol–water partition coefficient (Wildman–Crippen LogP) is 21.0. The monoisotopic (exact) mass is 1140 g/mol. The molecule has 1 N–H and O–H groups in total. The fourth-order valence-corrected chi connectivity index (χ4v) is 10.9. The molecule has 0 heterocycles. The van der Waals surface area contributed by atoms with Gasteiger partial charge in [-0.2, -0.15) is 0 Å². The maximum Gasteiger partial charge on any atom is 0.306 e. The SMILES string of the molecule is CCCCC/C=C/C=C/CCCCCCCCC(=O)OC(/C=C\CCCCCCCCCCCC)C(COP(=O)([O-])OCC[N+](C)(C)C)NC(=O)CCCCCCCCCCCCCCCCCCC/C=C/CCCCCCCC. The number of carbonyl (C=O) groups is 2. The molecule has 80 heavy (non-hydrogen) atoms. The number of hydrogen-bond acceptors (Lipinski definition) is 7. The van der Waals surface area contributed by atoms with E-state index in [1.54, 1.807) is 0 Å². The molecule has 0 aliphatic rings. The van der Waals surface area contributed by atoms with Crippen LogP contribution in [-0.2, 0) is 27.9 Å². The third-order valence-corrected chi connectivity index (χ3v) is 16.5. The Balaban J connectivity index is 5.00. The highest BCUT2D eigenvalue weighted by Gasteiger charge is 2.27. The average molecular weight is 1150 g/mol. The minimum Gasteiger partial charge on any atom is -0.756 e. The lowest BCUT2D eigenvalue weighted by Crippen LogP contribution is -2.47. The Morgan fingerprint density at radius 3 is 1.16 bits per heavy atom. The number of carbonyl (C=O) groups excluding carboxylic acids is 2. The highest BCUT2D eigenvalue weighted by molar-refractivity contribution is 7.45. The first kappa shape index (κ1) is 78.0. The summed E-state index contributed by atoms with van der Waals surface area (Å²) < 4.78 is 30.4. The number of allylic oxidation sites excluding steroid dienone is 7. The second kappa shape index (κ2) is 60.1. The summed E-state index contributed by atoms with van der Waals surface area (Å²) in [5.74, 6) is -0.541. The number of likely N-dealkylation sites (N-methyl/N-ethyl adjacent to an activating group) is 1. The fraction of sp³-hybridized carbons (Fsp3) is 0.857. The molecule has 470 valence electrons. The first-order valence-electron chi connectivity index (χ1n) is 34.5. The van der Waals surface area contributed by atoms with E-state index in [1.807, 2.05) is 33.3 Å². The van der Waals surface area contributed by atoms with E-state index < -0.39 is 20.0 Å². The summed E-state index contributed by atoms with van der Waals surface area (Å²) in [7, 11) is 1.19. The second-order valence-corrected chi connectivity index (χ2v) is 26.1. The van der Waals surface area contributed by atoms with Crippen molar-refractivity contribution in [3.63, 3.8) is 0 Å². The summed E-state index contributed by atoms with van der Waals surface area (Å²) >= 11 is 0. The second-order valence-electron chi connectivity index (χ2n) is 24.7. The van der Waals surface area contributed by atoms with Gasteiger partial charge in [-0.15, -0.1) is 0 Å². The Kier molecular flexibility index (Phi) is 58.6. The molecule has 0 radical (unpaired) electrons. The van der Waals surface area contributed by atoms with Crippen LogP contribution in [0.4, 0.5) is 0 Å². The standard InChI is InChI=1S/C70H133N2O7P/c1-7-10-13-16-19-22-25-28-30-31-32-33-34-35-36-37-38-39-40-41-43-44-47-50-53-56-59-62-69(73)71-67(66-78-80(75,76)77-65-64-72(4,5)6)68(61-58-55-52-49-46-27-24-21-18-15-12-9-3)79-70(74)63-60-57-54-51-48-45-42-29-26-23-20-17-14-11-8-2/h20,23,26,28-30,58,61,67-68H,7-19,21-22,24-25,27,31-57,59-60,62-66H2,1-6H3,(H-,71,73,75,76)/b23-20+,29-26+,30-28+,61-58-. The van der Waals surface area contributed by atoms with Crippen molar-refractivity contribution < 1.29 is 37.3 Å². The minimum absolute atomic E-state index is 0.0230. The molecule has 0 fully saturated rings. The van der Waals surface area contributed by atoms with E-state index >= 15 is 0 Å². The van der Waals surface area contributed by atoms with Gasteiger partial charge in [0.25, 0.3) is 7.82 Å². The number of rotatable bonds is 63. The lowest BCUT2D eigenvalue weighted by molar-refractivity contribution is -0.870. The molecule has 0 aliphatic heterocycles. The topological polar surface area (TPSA) is 114 Å². The number of hydrogen-bond donors (Lipinski definition) is 1. The number of amides is 1. The number of quaternary nitrogens is 1. The van der Waals surface area contributed by atoms with Crippen molar-refractivity contribution >= 4 is 19.7 Å². The lowest BCUT2D eigenvalue weighted by atomic mass is 10.0. The summed E-state index contributed by atoms with van der Waals surface area (Å²) in [6, 6.07) is -0.891. The summed E-state index contributed by atoms with van der Waals surface area (Å²) in [6.45, 7) is 6.84. The maximum absolute atomic E-state index is 13.6. The third kappa shape index (κ3) is 60.6. The van der Waals surface area contributed by atoms with Crippen molar-refractivity contribution in [2.24, 2.45) is 0 Å². The molecule has 1 amide bonds. The van der Waals surface area contributed by atoms with Gasteiger partial charge < -0.3 is 28.5 Å². The van der Waals surface area contributed by atoms with Crippen molar-refractivity contribution in [2.75, 3.05) is 40.9 Å². The van der Waals surface area contributed by atoms with Gasteiger partial charge >= 0.3 is 5.97 Å². The lowest BCUT2D eigenvalue weighted by Gasteiger charge is -2.30. The Hall–Kier alpha value is -2.03. The molecule has 0 rings (SSSR count). The fourth-order valence-electron chi connectivity index (χ4n) is 10.2. The normalized spacial score (nSPS) is 13.8. The van der Waals surface area contributed by atoms with E-state index in [0.717, 1.165) is 77.0 Å². The highest BCUT2D eigenvalue weighted by Crippen LogP contribution is 2.38. The van der Waals surface area contributed by atoms with E-state index in [0.29, 0.717) is 17.4 Å². The molecule has 10 heteroatoms. The summed E-state index contributed by atoms with van der Waals surface area (Å²) in [5.41, 5.74) is 0. The minimum atomic E-state index is -4.70. The van der Waals surface area contributed by atoms with Gasteiger partial charge in [-0.25, -0.2) is 0 Å². The first-order chi connectivity index (χ1) is 38.9. The van der Waals surface area contributed by atoms with Crippen LogP contribution in [0, 0.1) is 0 Å². The Labute approximate surface area is 497 Å². The van der Waals surface area contributed by atoms with Gasteiger partial charge in [0.2, 0.25) is 5.91 Å². The van der Waals surface area contributed by atoms with E-state index in [9.17, 15) is 19.0 Å². The van der Waals surface area contributed by atoms with Gasteiger partial charge in [0.05, 0.1) is 33.8 Å². The van der Waals surface area contributed by atoms with Crippen molar-refractivity contribution in [3.8, 4) is 0 Å². The maximum atomic E-state index is 13.6. The predicted molar refractivity (Wildman–Crippen MR) is 344 cm³/mol. The van der Waals surface area contributed by atoms with E-state index in [4.69, 9.17) is 13.8 Å². The largest absolute Gasteiger partial charge is 0.756 e. The van der Waals surface area contributed by atoms with Crippen LogP contribution in [0.3, 0.4) is 0 Å². The van der Waals surface area contributed by atoms with Gasteiger partial charge in [0.15, 0.2) is 0 Å². The number of nitrogens with one attached hydrogen (secondary N) is 1. The number of phosphoric ester groups is 1. The van der Waals surface area contributed by atoms with Gasteiger partial charge in [0, 0.05) is 12.8 Å². The molecular formula is C70H133N2O7P. The Morgan fingerprint density at radius 2 is 0.762 bits per heavy atom. The first-order valence-corrected chi connectivity index (χ1v) is 35.9. The molecule has 3 atom stereocenters. The van der Waals surface area contributed by atoms with E-state index in [1.165, 1.54) is 225 Å². The van der Waals surface area contributed by atoms with E-state index in [-0.39, 0.29) is 31.5 Å². The van der Waals surface area contributed by atoms with Crippen LogP contribution in [0.15, 0.2) is 48.6 Å². The molecule has 0 saturated heterocycles. The summed E-state index contributed by atoms with van der Waals surface area (Å²) in [6.07, 6.45) is 75.2. The van der Waals surface area contributed by atoms with Crippen LogP contribution in [0.5, 0.6) is 0 Å². The number of esters is 1. The zero-order valence-corrected chi connectivity index (χ0v) is 54.7. The smallest absolute Gasteiger partial charge is 0.306 e. The van der Waals surface area contributed by atoms with Gasteiger partial charge in [-0.05, 0) is 83.1 Å².